The molecular weight excluding hydrogens is 444 g/mol. The number of rotatable bonds is 6. The molecule has 9 heteroatoms. The van der Waals surface area contributed by atoms with Gasteiger partial charge in [-0.05, 0) is 62.9 Å². The van der Waals surface area contributed by atoms with Crippen molar-refractivity contribution in [2.45, 2.75) is 30.4 Å². The van der Waals surface area contributed by atoms with Crippen LogP contribution in [-0.4, -0.2) is 34.9 Å². The van der Waals surface area contributed by atoms with Gasteiger partial charge in [0, 0.05) is 27.9 Å². The first kappa shape index (κ1) is 22.2. The Kier molecular flexibility index (Phi) is 5.42. The van der Waals surface area contributed by atoms with Crippen LogP contribution in [0.4, 0.5) is 5.69 Å². The standard InChI is InChI=1S/C23H24N4O3S2/c1-23(2,3)32(29,30)26-15-10-8-14(9-11-15)20-19(21(24)28)18-12-17(31-4)13-25-22(18)27(20)16-6-5-7-16/h5-13,26H,1-4H3,(H2,24,28). The maximum Gasteiger partial charge on any atom is 0.251 e. The van der Waals surface area contributed by atoms with Crippen molar-refractivity contribution in [3.05, 3.63) is 60.3 Å². The number of primary amides is 1. The summed E-state index contributed by atoms with van der Waals surface area (Å²) in [5.74, 6) is -0.551. The summed E-state index contributed by atoms with van der Waals surface area (Å²) in [5.41, 5.74) is 9.53. The lowest BCUT2D eigenvalue weighted by molar-refractivity contribution is 0.100. The molecular formula is C23H24N4O3S2. The lowest BCUT2D eigenvalue weighted by Gasteiger charge is -2.20. The molecule has 0 bridgehead atoms. The zero-order valence-electron chi connectivity index (χ0n) is 18.2. The van der Waals surface area contributed by atoms with Crippen LogP contribution in [-0.2, 0) is 10.0 Å². The number of carbonyl (C=O) groups is 1. The van der Waals surface area contributed by atoms with Gasteiger partial charge in [0.25, 0.3) is 5.91 Å². The first-order valence-electron chi connectivity index (χ1n) is 9.93. The Hall–Kier alpha value is -3.04. The Labute approximate surface area is 191 Å². The van der Waals surface area contributed by atoms with Crippen LogP contribution in [0.25, 0.3) is 28.0 Å². The van der Waals surface area contributed by atoms with E-state index in [1.165, 1.54) is 11.8 Å². The second-order valence-electron chi connectivity index (χ2n) is 8.42. The molecule has 1 aliphatic carbocycles. The SMILES string of the molecule is CSc1cnc2c(c1)c(C(N)=O)c(-c1ccc(NS(=O)(=O)C(C)(C)C)cc1)n2C1=CC=C1. The quantitative estimate of drug-likeness (QED) is 0.519. The van der Waals surface area contributed by atoms with Gasteiger partial charge < -0.3 is 5.73 Å². The van der Waals surface area contributed by atoms with Crippen LogP contribution in [0.3, 0.4) is 0 Å². The smallest absolute Gasteiger partial charge is 0.251 e. The Morgan fingerprint density at radius 2 is 1.84 bits per heavy atom. The van der Waals surface area contributed by atoms with E-state index < -0.39 is 20.7 Å². The first-order chi connectivity index (χ1) is 15.0. The number of aromatic nitrogens is 2. The van der Waals surface area contributed by atoms with Gasteiger partial charge in [-0.15, -0.1) is 11.8 Å². The zero-order chi connectivity index (χ0) is 23.3. The van der Waals surface area contributed by atoms with Crippen molar-refractivity contribution in [3.8, 4) is 11.3 Å². The fourth-order valence-electron chi connectivity index (χ4n) is 3.37. The Morgan fingerprint density at radius 1 is 1.19 bits per heavy atom. The summed E-state index contributed by atoms with van der Waals surface area (Å²) in [6.07, 6.45) is 9.49. The highest BCUT2D eigenvalue weighted by atomic mass is 32.2. The van der Waals surface area contributed by atoms with E-state index in [1.54, 1.807) is 51.2 Å². The number of thioether (sulfide) groups is 1. The van der Waals surface area contributed by atoms with E-state index in [-0.39, 0.29) is 0 Å². The Balaban J connectivity index is 1.89. The van der Waals surface area contributed by atoms with Crippen LogP contribution in [0.5, 0.6) is 0 Å². The molecule has 3 N–H and O–H groups in total. The molecule has 2 heterocycles. The van der Waals surface area contributed by atoms with Crippen molar-refractivity contribution in [1.29, 1.82) is 0 Å². The van der Waals surface area contributed by atoms with Gasteiger partial charge >= 0.3 is 0 Å². The normalized spacial score (nSPS) is 13.7. The van der Waals surface area contributed by atoms with Crippen molar-refractivity contribution in [1.82, 2.24) is 9.55 Å². The van der Waals surface area contributed by atoms with Crippen LogP contribution in [0, 0.1) is 0 Å². The van der Waals surface area contributed by atoms with Gasteiger partial charge in [0.1, 0.15) is 5.65 Å². The lowest BCUT2D eigenvalue weighted by atomic mass is 10.0. The number of allylic oxidation sites excluding steroid dienone is 4. The van der Waals surface area contributed by atoms with Crippen LogP contribution < -0.4 is 10.5 Å². The maximum absolute atomic E-state index is 12.6. The van der Waals surface area contributed by atoms with Crippen LogP contribution in [0.1, 0.15) is 31.1 Å². The van der Waals surface area contributed by atoms with E-state index in [4.69, 9.17) is 5.73 Å². The number of sulfonamides is 1. The van der Waals surface area contributed by atoms with Crippen LogP contribution in [0.2, 0.25) is 0 Å². The van der Waals surface area contributed by atoms with Gasteiger partial charge in [0.15, 0.2) is 0 Å². The van der Waals surface area contributed by atoms with Crippen LogP contribution >= 0.6 is 11.8 Å². The molecule has 0 spiro atoms. The molecule has 1 aliphatic rings. The molecule has 0 unspecified atom stereocenters. The number of anilines is 1. The molecule has 32 heavy (non-hydrogen) atoms. The molecule has 166 valence electrons. The molecule has 1 aromatic carbocycles. The third kappa shape index (κ3) is 3.71. The first-order valence-corrected chi connectivity index (χ1v) is 12.6. The average molecular weight is 469 g/mol. The van der Waals surface area contributed by atoms with E-state index in [1.807, 2.05) is 35.1 Å². The minimum atomic E-state index is -3.55. The summed E-state index contributed by atoms with van der Waals surface area (Å²) in [4.78, 5) is 18.1. The van der Waals surface area contributed by atoms with Crippen molar-refractivity contribution in [2.75, 3.05) is 11.0 Å². The topological polar surface area (TPSA) is 107 Å². The summed E-state index contributed by atoms with van der Waals surface area (Å²) in [6.45, 7) is 4.91. The van der Waals surface area contributed by atoms with E-state index in [0.29, 0.717) is 28.0 Å². The number of hydrogen-bond donors (Lipinski definition) is 2. The van der Waals surface area contributed by atoms with Gasteiger partial charge in [-0.3, -0.25) is 14.1 Å². The maximum atomic E-state index is 12.6. The Bertz CT molecular complexity index is 1390. The summed E-state index contributed by atoms with van der Waals surface area (Å²) in [7, 11) is -3.55. The zero-order valence-corrected chi connectivity index (χ0v) is 19.8. The number of nitrogens with two attached hydrogens (primary N) is 1. The molecule has 0 saturated carbocycles. The van der Waals surface area contributed by atoms with Gasteiger partial charge in [0.2, 0.25) is 10.0 Å². The number of pyridine rings is 1. The second-order valence-corrected chi connectivity index (χ2v) is 11.7. The summed E-state index contributed by atoms with van der Waals surface area (Å²) < 4.78 is 28.6. The highest BCUT2D eigenvalue weighted by Gasteiger charge is 2.29. The van der Waals surface area contributed by atoms with Gasteiger partial charge in [0.05, 0.1) is 16.0 Å². The van der Waals surface area contributed by atoms with Crippen molar-refractivity contribution in [3.63, 3.8) is 0 Å². The predicted molar refractivity (Wildman–Crippen MR) is 131 cm³/mol. The second kappa shape index (κ2) is 7.83. The van der Waals surface area contributed by atoms with E-state index >= 15 is 0 Å². The number of carbonyl (C=O) groups excluding carboxylic acids is 1. The summed E-state index contributed by atoms with van der Waals surface area (Å²) in [5, 5.41) is 0.679. The number of fused-ring (bicyclic) bond motifs is 1. The third-order valence-corrected chi connectivity index (χ3v) is 8.09. The highest BCUT2D eigenvalue weighted by molar-refractivity contribution is 7.98. The third-order valence-electron chi connectivity index (χ3n) is 5.27. The number of amides is 1. The molecule has 0 radical (unpaired) electrons. The molecule has 4 rings (SSSR count). The predicted octanol–water partition coefficient (Wildman–Crippen LogP) is 4.48. The van der Waals surface area contributed by atoms with Crippen molar-refractivity contribution >= 4 is 50.1 Å². The van der Waals surface area contributed by atoms with E-state index in [9.17, 15) is 13.2 Å². The van der Waals surface area contributed by atoms with Gasteiger partial charge in [-0.25, -0.2) is 13.4 Å². The lowest BCUT2D eigenvalue weighted by Crippen LogP contribution is -2.33. The highest BCUT2D eigenvalue weighted by Crippen LogP contribution is 2.38. The fraction of sp³-hybridized carbons (Fsp3) is 0.217. The number of hydrogen-bond acceptors (Lipinski definition) is 5. The minimum absolute atomic E-state index is 0.382. The molecule has 0 atom stereocenters. The molecule has 0 aliphatic heterocycles. The molecule has 2 aromatic heterocycles. The number of nitrogens with one attached hydrogen (secondary N) is 1. The largest absolute Gasteiger partial charge is 0.366 e. The van der Waals surface area contributed by atoms with E-state index in [0.717, 1.165) is 16.2 Å². The number of benzene rings is 1. The van der Waals surface area contributed by atoms with Gasteiger partial charge in [-0.1, -0.05) is 18.2 Å². The fourth-order valence-corrected chi connectivity index (χ4v) is 4.51. The minimum Gasteiger partial charge on any atom is -0.366 e. The van der Waals surface area contributed by atoms with Crippen LogP contribution in [0.15, 0.2) is 59.7 Å². The molecule has 1 amide bonds. The van der Waals surface area contributed by atoms with Crippen molar-refractivity contribution < 1.29 is 13.2 Å². The molecule has 3 aromatic rings. The van der Waals surface area contributed by atoms with Gasteiger partial charge in [-0.2, -0.15) is 0 Å². The Morgan fingerprint density at radius 3 is 2.34 bits per heavy atom. The molecule has 7 nitrogen and oxygen atoms in total. The van der Waals surface area contributed by atoms with E-state index in [2.05, 4.69) is 9.71 Å². The number of nitrogens with zero attached hydrogens (tertiary/aromatic N) is 2. The molecule has 0 fully saturated rings. The van der Waals surface area contributed by atoms with Crippen molar-refractivity contribution in [2.24, 2.45) is 5.73 Å². The monoisotopic (exact) mass is 468 g/mol. The summed E-state index contributed by atoms with van der Waals surface area (Å²) in [6, 6.07) is 8.82. The summed E-state index contributed by atoms with van der Waals surface area (Å²) >= 11 is 1.53. The average Bonchev–Trinajstić information content (AvgIpc) is 3.00. The molecule has 0 saturated heterocycles.